The molecule has 2 heteroatoms. The lowest BCUT2D eigenvalue weighted by atomic mass is 9.82. The third kappa shape index (κ3) is 1.89. The van der Waals surface area contributed by atoms with Crippen molar-refractivity contribution in [2.75, 3.05) is 0 Å². The summed E-state index contributed by atoms with van der Waals surface area (Å²) in [5, 5.41) is 3.41. The summed E-state index contributed by atoms with van der Waals surface area (Å²) >= 11 is 0. The highest BCUT2D eigenvalue weighted by molar-refractivity contribution is 5.87. The third-order valence-electron chi connectivity index (χ3n) is 3.17. The lowest BCUT2D eigenvalue weighted by Gasteiger charge is -2.26. The van der Waals surface area contributed by atoms with Crippen molar-refractivity contribution in [1.29, 1.82) is 0 Å². The number of carbonyl (C=O) groups excluding carboxylic acids is 1. The van der Waals surface area contributed by atoms with Crippen LogP contribution in [0, 0.1) is 5.92 Å². The molecule has 2 rings (SSSR count). The van der Waals surface area contributed by atoms with Gasteiger partial charge in [0.15, 0.2) is 5.78 Å². The SMILES string of the molecule is CC(=O)/C=C\C1=CNC2CCCCC12. The Balaban J connectivity index is 2.03. The average Bonchev–Trinajstić information content (AvgIpc) is 2.58. The Bertz CT molecular complexity index is 291. The number of rotatable bonds is 2. The van der Waals surface area contributed by atoms with E-state index in [1.54, 1.807) is 13.0 Å². The molecule has 2 atom stereocenters. The Hall–Kier alpha value is -1.05. The van der Waals surface area contributed by atoms with E-state index >= 15 is 0 Å². The maximum atomic E-state index is 10.8. The largest absolute Gasteiger partial charge is 0.387 e. The van der Waals surface area contributed by atoms with Gasteiger partial charge in [-0.1, -0.05) is 18.9 Å². The van der Waals surface area contributed by atoms with Crippen LogP contribution in [0.2, 0.25) is 0 Å². The first-order valence-corrected chi connectivity index (χ1v) is 5.42. The van der Waals surface area contributed by atoms with E-state index in [0.29, 0.717) is 12.0 Å². The number of hydrogen-bond acceptors (Lipinski definition) is 2. The zero-order valence-corrected chi connectivity index (χ0v) is 8.62. The number of nitrogens with one attached hydrogen (secondary N) is 1. The number of ketones is 1. The molecule has 2 unspecified atom stereocenters. The molecule has 0 radical (unpaired) electrons. The van der Waals surface area contributed by atoms with Crippen molar-refractivity contribution in [2.45, 2.75) is 38.6 Å². The third-order valence-corrected chi connectivity index (χ3v) is 3.17. The quantitative estimate of drug-likeness (QED) is 0.678. The van der Waals surface area contributed by atoms with Gasteiger partial charge in [-0.2, -0.15) is 0 Å². The summed E-state index contributed by atoms with van der Waals surface area (Å²) in [5.41, 5.74) is 1.31. The Labute approximate surface area is 85.1 Å². The molecule has 0 spiro atoms. The maximum Gasteiger partial charge on any atom is 0.152 e. The molecule has 14 heavy (non-hydrogen) atoms. The highest BCUT2D eigenvalue weighted by atomic mass is 16.1. The Morgan fingerprint density at radius 3 is 3.07 bits per heavy atom. The summed E-state index contributed by atoms with van der Waals surface area (Å²) in [5.74, 6) is 0.782. The molecular formula is C12H17NO. The predicted octanol–water partition coefficient (Wildman–Crippen LogP) is 2.18. The fourth-order valence-electron chi connectivity index (χ4n) is 2.42. The van der Waals surface area contributed by atoms with E-state index in [1.807, 2.05) is 6.08 Å². The van der Waals surface area contributed by atoms with Gasteiger partial charge in [-0.05, 0) is 31.4 Å². The van der Waals surface area contributed by atoms with Gasteiger partial charge in [0.05, 0.1) is 0 Å². The first kappa shape index (κ1) is 9.50. The summed E-state index contributed by atoms with van der Waals surface area (Å²) in [4.78, 5) is 10.8. The molecule has 0 aromatic carbocycles. The zero-order valence-electron chi connectivity index (χ0n) is 8.62. The van der Waals surface area contributed by atoms with Crippen molar-refractivity contribution in [3.8, 4) is 0 Å². The minimum Gasteiger partial charge on any atom is -0.387 e. The van der Waals surface area contributed by atoms with Crippen molar-refractivity contribution >= 4 is 5.78 Å². The molecule has 0 amide bonds. The normalized spacial score (nSPS) is 31.1. The molecule has 1 saturated carbocycles. The monoisotopic (exact) mass is 191 g/mol. The molecule has 0 aromatic rings. The second-order valence-electron chi connectivity index (χ2n) is 4.25. The lowest BCUT2D eigenvalue weighted by molar-refractivity contribution is -0.112. The average molecular weight is 191 g/mol. The van der Waals surface area contributed by atoms with Crippen molar-refractivity contribution in [1.82, 2.24) is 5.32 Å². The topological polar surface area (TPSA) is 29.1 Å². The standard InChI is InChI=1S/C12H17NO/c1-9(14)6-7-10-8-13-12-5-3-2-4-11(10)12/h6-8,11-13H,2-5H2,1H3/b7-6-. The zero-order chi connectivity index (χ0) is 9.97. The molecule has 0 saturated heterocycles. The van der Waals surface area contributed by atoms with Crippen LogP contribution in [-0.4, -0.2) is 11.8 Å². The van der Waals surface area contributed by atoms with E-state index in [4.69, 9.17) is 0 Å². The number of allylic oxidation sites excluding steroid dienone is 2. The van der Waals surface area contributed by atoms with Gasteiger partial charge >= 0.3 is 0 Å². The minimum atomic E-state index is 0.130. The highest BCUT2D eigenvalue weighted by Gasteiger charge is 2.30. The molecule has 1 N–H and O–H groups in total. The van der Waals surface area contributed by atoms with E-state index in [-0.39, 0.29) is 5.78 Å². The maximum absolute atomic E-state index is 10.8. The fraction of sp³-hybridized carbons (Fsp3) is 0.583. The summed E-state index contributed by atoms with van der Waals surface area (Å²) in [6.07, 6.45) is 10.9. The van der Waals surface area contributed by atoms with Gasteiger partial charge in [0, 0.05) is 18.2 Å². The van der Waals surface area contributed by atoms with E-state index < -0.39 is 0 Å². The van der Waals surface area contributed by atoms with Crippen molar-refractivity contribution in [3.63, 3.8) is 0 Å². The smallest absolute Gasteiger partial charge is 0.152 e. The molecular weight excluding hydrogens is 174 g/mol. The van der Waals surface area contributed by atoms with Crippen molar-refractivity contribution < 1.29 is 4.79 Å². The van der Waals surface area contributed by atoms with Gasteiger partial charge in [0.25, 0.3) is 0 Å². The van der Waals surface area contributed by atoms with Gasteiger partial charge in [0.1, 0.15) is 0 Å². The van der Waals surface area contributed by atoms with E-state index in [2.05, 4.69) is 11.5 Å². The molecule has 1 aliphatic carbocycles. The Morgan fingerprint density at radius 2 is 2.29 bits per heavy atom. The molecule has 2 aliphatic rings. The Morgan fingerprint density at radius 1 is 1.50 bits per heavy atom. The first-order valence-electron chi connectivity index (χ1n) is 5.42. The molecule has 76 valence electrons. The van der Waals surface area contributed by atoms with Crippen LogP contribution in [0.4, 0.5) is 0 Å². The molecule has 1 fully saturated rings. The summed E-state index contributed by atoms with van der Waals surface area (Å²) < 4.78 is 0. The van der Waals surface area contributed by atoms with Crippen LogP contribution < -0.4 is 5.32 Å². The van der Waals surface area contributed by atoms with E-state index in [9.17, 15) is 4.79 Å². The summed E-state index contributed by atoms with van der Waals surface area (Å²) in [6, 6.07) is 0.635. The summed E-state index contributed by atoms with van der Waals surface area (Å²) in [6.45, 7) is 1.60. The highest BCUT2D eigenvalue weighted by Crippen LogP contribution is 2.34. The second-order valence-corrected chi connectivity index (χ2v) is 4.25. The van der Waals surface area contributed by atoms with Gasteiger partial charge in [-0.25, -0.2) is 0 Å². The number of hydrogen-bond donors (Lipinski definition) is 1. The first-order chi connectivity index (χ1) is 6.77. The van der Waals surface area contributed by atoms with Crippen molar-refractivity contribution in [2.24, 2.45) is 5.92 Å². The Kier molecular flexibility index (Phi) is 2.71. The molecule has 2 nitrogen and oxygen atoms in total. The second kappa shape index (κ2) is 3.99. The number of fused-ring (bicyclic) bond motifs is 1. The van der Waals surface area contributed by atoms with E-state index in [0.717, 1.165) is 0 Å². The minimum absolute atomic E-state index is 0.130. The van der Waals surface area contributed by atoms with Crippen LogP contribution in [0.3, 0.4) is 0 Å². The van der Waals surface area contributed by atoms with Crippen LogP contribution in [0.25, 0.3) is 0 Å². The van der Waals surface area contributed by atoms with E-state index in [1.165, 1.54) is 31.3 Å². The van der Waals surface area contributed by atoms with Gasteiger partial charge in [-0.15, -0.1) is 0 Å². The predicted molar refractivity (Wildman–Crippen MR) is 56.8 cm³/mol. The van der Waals surface area contributed by atoms with Crippen molar-refractivity contribution in [3.05, 3.63) is 23.9 Å². The fourth-order valence-corrected chi connectivity index (χ4v) is 2.42. The van der Waals surface area contributed by atoms with Crippen LogP contribution >= 0.6 is 0 Å². The van der Waals surface area contributed by atoms with Gasteiger partial charge in [0.2, 0.25) is 0 Å². The summed E-state index contributed by atoms with van der Waals surface area (Å²) in [7, 11) is 0. The van der Waals surface area contributed by atoms with Gasteiger partial charge in [-0.3, -0.25) is 4.79 Å². The van der Waals surface area contributed by atoms with Crippen LogP contribution in [0.1, 0.15) is 32.6 Å². The lowest BCUT2D eigenvalue weighted by Crippen LogP contribution is -2.30. The number of carbonyl (C=O) groups is 1. The van der Waals surface area contributed by atoms with Gasteiger partial charge < -0.3 is 5.32 Å². The van der Waals surface area contributed by atoms with Crippen LogP contribution in [-0.2, 0) is 4.79 Å². The molecule has 1 heterocycles. The van der Waals surface area contributed by atoms with Crippen LogP contribution in [0.5, 0.6) is 0 Å². The molecule has 0 bridgehead atoms. The van der Waals surface area contributed by atoms with Crippen LogP contribution in [0.15, 0.2) is 23.9 Å². The molecule has 0 aromatic heterocycles. The molecule has 1 aliphatic heterocycles.